The molecule has 0 radical (unpaired) electrons. The molecule has 0 aliphatic heterocycles. The fourth-order valence-corrected chi connectivity index (χ4v) is 2.52. The number of nitrogen functional groups attached to an aromatic ring is 2. The lowest BCUT2D eigenvalue weighted by atomic mass is 10.1. The first-order valence-corrected chi connectivity index (χ1v) is 7.09. The van der Waals surface area contributed by atoms with Crippen LogP contribution in [0.5, 0.6) is 11.5 Å². The molecule has 4 N–H and O–H groups in total. The van der Waals surface area contributed by atoms with Crippen LogP contribution < -0.4 is 20.9 Å². The first kappa shape index (κ1) is 15.1. The SMILES string of the molecule is COCCOc1ccc2c(c1)ncc1c(N)nc(N)c(OC)c12. The van der Waals surface area contributed by atoms with E-state index in [4.69, 9.17) is 25.7 Å². The standard InChI is InChI=1S/C16H18N4O3/c1-21-5-6-23-9-3-4-10-12(7-9)19-8-11-13(10)14(22-2)16(18)20-15(11)17/h3-4,7-8H,5-6H2,1-2H3,(H4,17,18,20). The molecule has 0 bridgehead atoms. The smallest absolute Gasteiger partial charge is 0.169 e. The van der Waals surface area contributed by atoms with Crippen molar-refractivity contribution >= 4 is 33.3 Å². The van der Waals surface area contributed by atoms with Crippen LogP contribution in [0.1, 0.15) is 0 Å². The van der Waals surface area contributed by atoms with Gasteiger partial charge in [0.05, 0.1) is 19.2 Å². The lowest BCUT2D eigenvalue weighted by Gasteiger charge is -2.13. The fourth-order valence-electron chi connectivity index (χ4n) is 2.52. The van der Waals surface area contributed by atoms with Crippen molar-refractivity contribution in [1.29, 1.82) is 0 Å². The second-order valence-electron chi connectivity index (χ2n) is 4.98. The number of ether oxygens (including phenoxy) is 3. The summed E-state index contributed by atoms with van der Waals surface area (Å²) in [6, 6.07) is 5.64. The highest BCUT2D eigenvalue weighted by Gasteiger charge is 2.15. The minimum Gasteiger partial charge on any atom is -0.492 e. The van der Waals surface area contributed by atoms with Crippen molar-refractivity contribution in [1.82, 2.24) is 9.97 Å². The van der Waals surface area contributed by atoms with Gasteiger partial charge in [0, 0.05) is 35.5 Å². The van der Waals surface area contributed by atoms with E-state index >= 15 is 0 Å². The van der Waals surface area contributed by atoms with Crippen molar-refractivity contribution in [3.63, 3.8) is 0 Å². The number of nitrogens with two attached hydrogens (primary N) is 2. The molecule has 3 aromatic rings. The zero-order valence-electron chi connectivity index (χ0n) is 13.0. The molecular weight excluding hydrogens is 296 g/mol. The summed E-state index contributed by atoms with van der Waals surface area (Å²) >= 11 is 0. The normalized spacial score (nSPS) is 11.0. The molecule has 23 heavy (non-hydrogen) atoms. The molecule has 120 valence electrons. The van der Waals surface area contributed by atoms with E-state index in [-0.39, 0.29) is 5.82 Å². The van der Waals surface area contributed by atoms with Gasteiger partial charge >= 0.3 is 0 Å². The van der Waals surface area contributed by atoms with Crippen LogP contribution in [0.3, 0.4) is 0 Å². The van der Waals surface area contributed by atoms with Gasteiger partial charge in [-0.1, -0.05) is 0 Å². The third-order valence-corrected chi connectivity index (χ3v) is 3.58. The van der Waals surface area contributed by atoms with Crippen LogP contribution in [-0.4, -0.2) is 37.4 Å². The Balaban J connectivity index is 2.19. The third-order valence-electron chi connectivity index (χ3n) is 3.58. The monoisotopic (exact) mass is 314 g/mol. The Morgan fingerprint density at radius 2 is 1.87 bits per heavy atom. The van der Waals surface area contributed by atoms with Crippen LogP contribution in [-0.2, 0) is 4.74 Å². The molecule has 0 aliphatic rings. The van der Waals surface area contributed by atoms with Crippen molar-refractivity contribution < 1.29 is 14.2 Å². The van der Waals surface area contributed by atoms with Crippen molar-refractivity contribution in [2.75, 3.05) is 38.9 Å². The predicted octanol–water partition coefficient (Wildman–Crippen LogP) is 1.98. The molecule has 7 heteroatoms. The van der Waals surface area contributed by atoms with Crippen molar-refractivity contribution in [2.45, 2.75) is 0 Å². The summed E-state index contributed by atoms with van der Waals surface area (Å²) in [6.45, 7) is 0.998. The summed E-state index contributed by atoms with van der Waals surface area (Å²) in [7, 11) is 3.18. The Morgan fingerprint density at radius 3 is 2.61 bits per heavy atom. The van der Waals surface area contributed by atoms with E-state index in [1.807, 2.05) is 18.2 Å². The number of hydrogen-bond donors (Lipinski definition) is 2. The lowest BCUT2D eigenvalue weighted by Crippen LogP contribution is -2.04. The average Bonchev–Trinajstić information content (AvgIpc) is 2.55. The number of methoxy groups -OCH3 is 2. The van der Waals surface area contributed by atoms with E-state index in [2.05, 4.69) is 9.97 Å². The molecule has 0 saturated carbocycles. The topological polar surface area (TPSA) is 106 Å². The van der Waals surface area contributed by atoms with Gasteiger partial charge in [-0.2, -0.15) is 0 Å². The van der Waals surface area contributed by atoms with Gasteiger partial charge in [0.1, 0.15) is 18.2 Å². The quantitative estimate of drug-likeness (QED) is 0.548. The van der Waals surface area contributed by atoms with E-state index in [0.717, 1.165) is 22.0 Å². The molecule has 0 aliphatic carbocycles. The molecule has 2 aromatic heterocycles. The molecule has 0 spiro atoms. The maximum atomic E-state index is 5.96. The largest absolute Gasteiger partial charge is 0.492 e. The van der Waals surface area contributed by atoms with Gasteiger partial charge in [-0.05, 0) is 12.1 Å². The first-order chi connectivity index (χ1) is 11.2. The van der Waals surface area contributed by atoms with Crippen molar-refractivity contribution in [2.24, 2.45) is 0 Å². The van der Waals surface area contributed by atoms with Gasteiger partial charge in [0.25, 0.3) is 0 Å². The Hall–Kier alpha value is -2.80. The van der Waals surface area contributed by atoms with E-state index in [9.17, 15) is 0 Å². The summed E-state index contributed by atoms with van der Waals surface area (Å²) in [5.41, 5.74) is 12.6. The number of hydrogen-bond acceptors (Lipinski definition) is 7. The average molecular weight is 314 g/mol. The number of nitrogens with zero attached hydrogens (tertiary/aromatic N) is 2. The van der Waals surface area contributed by atoms with Crippen LogP contribution in [0.2, 0.25) is 0 Å². The van der Waals surface area contributed by atoms with Gasteiger partial charge in [-0.15, -0.1) is 0 Å². The minimum atomic E-state index is 0.255. The van der Waals surface area contributed by atoms with Crippen molar-refractivity contribution in [3.8, 4) is 11.5 Å². The number of fused-ring (bicyclic) bond motifs is 3. The maximum absolute atomic E-state index is 5.96. The molecule has 7 nitrogen and oxygen atoms in total. The Kier molecular flexibility index (Phi) is 4.03. The molecule has 2 heterocycles. The summed E-state index contributed by atoms with van der Waals surface area (Å²) in [4.78, 5) is 8.54. The highest BCUT2D eigenvalue weighted by atomic mass is 16.5. The molecule has 0 fully saturated rings. The zero-order valence-corrected chi connectivity index (χ0v) is 13.0. The van der Waals surface area contributed by atoms with Crippen LogP contribution in [0.4, 0.5) is 11.6 Å². The molecule has 0 saturated heterocycles. The number of anilines is 2. The predicted molar refractivity (Wildman–Crippen MR) is 89.8 cm³/mol. The van der Waals surface area contributed by atoms with Gasteiger partial charge in [-0.25, -0.2) is 4.98 Å². The van der Waals surface area contributed by atoms with Crippen LogP contribution >= 0.6 is 0 Å². The molecule has 0 atom stereocenters. The number of rotatable bonds is 5. The van der Waals surface area contributed by atoms with Crippen LogP contribution in [0, 0.1) is 0 Å². The lowest BCUT2D eigenvalue weighted by molar-refractivity contribution is 0.146. The van der Waals surface area contributed by atoms with Gasteiger partial charge in [0.2, 0.25) is 0 Å². The highest BCUT2D eigenvalue weighted by molar-refractivity contribution is 6.13. The number of aromatic nitrogens is 2. The van der Waals surface area contributed by atoms with Gasteiger partial charge < -0.3 is 25.7 Å². The number of benzene rings is 1. The first-order valence-electron chi connectivity index (χ1n) is 7.09. The van der Waals surface area contributed by atoms with E-state index in [1.54, 1.807) is 20.4 Å². The van der Waals surface area contributed by atoms with E-state index in [0.29, 0.717) is 30.2 Å². The Labute approximate surface area is 133 Å². The van der Waals surface area contributed by atoms with E-state index < -0.39 is 0 Å². The zero-order chi connectivity index (χ0) is 16.4. The van der Waals surface area contributed by atoms with Crippen LogP contribution in [0.25, 0.3) is 21.7 Å². The fraction of sp³-hybridized carbons (Fsp3) is 0.250. The van der Waals surface area contributed by atoms with Gasteiger partial charge in [0.15, 0.2) is 11.6 Å². The highest BCUT2D eigenvalue weighted by Crippen LogP contribution is 2.38. The molecule has 0 amide bonds. The molecule has 0 unspecified atom stereocenters. The summed E-state index contributed by atoms with van der Waals surface area (Å²) in [5.74, 6) is 1.79. The summed E-state index contributed by atoms with van der Waals surface area (Å²) in [6.07, 6.45) is 1.67. The van der Waals surface area contributed by atoms with Gasteiger partial charge in [-0.3, -0.25) is 4.98 Å². The van der Waals surface area contributed by atoms with Crippen LogP contribution in [0.15, 0.2) is 24.4 Å². The molecular formula is C16H18N4O3. The second kappa shape index (κ2) is 6.13. The summed E-state index contributed by atoms with van der Waals surface area (Å²) in [5, 5.41) is 2.38. The van der Waals surface area contributed by atoms with E-state index in [1.165, 1.54) is 0 Å². The van der Waals surface area contributed by atoms with Crippen molar-refractivity contribution in [3.05, 3.63) is 24.4 Å². The third kappa shape index (κ3) is 2.66. The minimum absolute atomic E-state index is 0.255. The molecule has 3 rings (SSSR count). The Morgan fingerprint density at radius 1 is 1.04 bits per heavy atom. The Bertz CT molecular complexity index is 867. The number of pyridine rings is 2. The second-order valence-corrected chi connectivity index (χ2v) is 4.98. The summed E-state index contributed by atoms with van der Waals surface area (Å²) < 4.78 is 16.0. The molecule has 1 aromatic carbocycles. The maximum Gasteiger partial charge on any atom is 0.169 e.